The standard InChI is InChI=1S/C14H15FN2O2S/c1-2-17(11-6-4-3-5-7-11)20(18,19)12-8-9-13(15)14(16)10-12/h3-10H,2,16H2,1H3. The average molecular weight is 294 g/mol. The van der Waals surface area contributed by atoms with Crippen molar-refractivity contribution < 1.29 is 12.8 Å². The first-order chi connectivity index (χ1) is 9.46. The monoisotopic (exact) mass is 294 g/mol. The van der Waals surface area contributed by atoms with E-state index in [-0.39, 0.29) is 17.1 Å². The van der Waals surface area contributed by atoms with E-state index in [1.165, 1.54) is 10.4 Å². The van der Waals surface area contributed by atoms with E-state index >= 15 is 0 Å². The van der Waals surface area contributed by atoms with E-state index in [9.17, 15) is 12.8 Å². The Kier molecular flexibility index (Phi) is 3.94. The Labute approximate surface area is 117 Å². The molecule has 0 saturated carbocycles. The van der Waals surface area contributed by atoms with Crippen LogP contribution in [0.4, 0.5) is 15.8 Å². The van der Waals surface area contributed by atoms with Crippen molar-refractivity contribution in [1.29, 1.82) is 0 Å². The van der Waals surface area contributed by atoms with Crippen molar-refractivity contribution in [2.75, 3.05) is 16.6 Å². The highest BCUT2D eigenvalue weighted by Crippen LogP contribution is 2.25. The van der Waals surface area contributed by atoms with Crippen molar-refractivity contribution in [3.8, 4) is 0 Å². The number of hydrogen-bond acceptors (Lipinski definition) is 3. The molecule has 0 spiro atoms. The van der Waals surface area contributed by atoms with Gasteiger partial charge in [-0.15, -0.1) is 0 Å². The van der Waals surface area contributed by atoms with Gasteiger partial charge in [0.25, 0.3) is 10.0 Å². The van der Waals surface area contributed by atoms with Gasteiger partial charge in [-0.2, -0.15) is 0 Å². The Morgan fingerprint density at radius 3 is 2.35 bits per heavy atom. The van der Waals surface area contributed by atoms with Crippen LogP contribution < -0.4 is 10.0 Å². The lowest BCUT2D eigenvalue weighted by Gasteiger charge is -2.23. The molecule has 2 aromatic carbocycles. The van der Waals surface area contributed by atoms with Crippen LogP contribution in [0.25, 0.3) is 0 Å². The molecule has 20 heavy (non-hydrogen) atoms. The van der Waals surface area contributed by atoms with Gasteiger partial charge in [-0.3, -0.25) is 4.31 Å². The van der Waals surface area contributed by atoms with Gasteiger partial charge in [-0.1, -0.05) is 18.2 Å². The predicted octanol–water partition coefficient (Wildman–Crippen LogP) is 2.62. The summed E-state index contributed by atoms with van der Waals surface area (Å²) in [6.07, 6.45) is 0. The first kappa shape index (κ1) is 14.3. The van der Waals surface area contributed by atoms with Crippen LogP contribution >= 0.6 is 0 Å². The zero-order valence-corrected chi connectivity index (χ0v) is 11.8. The highest BCUT2D eigenvalue weighted by Gasteiger charge is 2.24. The van der Waals surface area contributed by atoms with Crippen LogP contribution in [0, 0.1) is 5.82 Å². The molecule has 2 rings (SSSR count). The lowest BCUT2D eigenvalue weighted by molar-refractivity contribution is 0.591. The molecule has 4 nitrogen and oxygen atoms in total. The molecule has 0 unspecified atom stereocenters. The van der Waals surface area contributed by atoms with Crippen LogP contribution in [0.5, 0.6) is 0 Å². The second-order valence-electron chi connectivity index (χ2n) is 4.19. The Morgan fingerprint density at radius 1 is 1.15 bits per heavy atom. The number of nitrogens with zero attached hydrogens (tertiary/aromatic N) is 1. The van der Waals surface area contributed by atoms with Gasteiger partial charge in [0.05, 0.1) is 16.3 Å². The van der Waals surface area contributed by atoms with E-state index in [4.69, 9.17) is 5.73 Å². The zero-order valence-electron chi connectivity index (χ0n) is 11.0. The minimum atomic E-state index is -3.76. The summed E-state index contributed by atoms with van der Waals surface area (Å²) in [6.45, 7) is 2.00. The maximum Gasteiger partial charge on any atom is 0.264 e. The van der Waals surface area contributed by atoms with Crippen molar-refractivity contribution >= 4 is 21.4 Å². The third-order valence-corrected chi connectivity index (χ3v) is 4.79. The Bertz CT molecular complexity index is 702. The van der Waals surface area contributed by atoms with Gasteiger partial charge in [0.15, 0.2) is 0 Å². The molecular weight excluding hydrogens is 279 g/mol. The van der Waals surface area contributed by atoms with Crippen molar-refractivity contribution in [2.45, 2.75) is 11.8 Å². The van der Waals surface area contributed by atoms with Crippen molar-refractivity contribution in [3.63, 3.8) is 0 Å². The smallest absolute Gasteiger partial charge is 0.264 e. The highest BCUT2D eigenvalue weighted by atomic mass is 32.2. The number of halogens is 1. The van der Waals surface area contributed by atoms with Crippen LogP contribution in [0.1, 0.15) is 6.92 Å². The number of nitrogen functional groups attached to an aromatic ring is 1. The van der Waals surface area contributed by atoms with Gasteiger partial charge in [0.2, 0.25) is 0 Å². The number of benzene rings is 2. The van der Waals surface area contributed by atoms with Crippen LogP contribution in [0.15, 0.2) is 53.4 Å². The van der Waals surface area contributed by atoms with E-state index in [1.54, 1.807) is 37.3 Å². The molecule has 0 saturated heterocycles. The Balaban J connectivity index is 2.50. The molecule has 0 radical (unpaired) electrons. The van der Waals surface area contributed by atoms with Gasteiger partial charge in [-0.25, -0.2) is 12.8 Å². The van der Waals surface area contributed by atoms with Crippen LogP contribution in [-0.4, -0.2) is 15.0 Å². The number of nitrogens with two attached hydrogens (primary N) is 1. The van der Waals surface area contributed by atoms with Gasteiger partial charge in [-0.05, 0) is 37.3 Å². The Hall–Kier alpha value is -2.08. The molecule has 6 heteroatoms. The maximum absolute atomic E-state index is 13.2. The number of rotatable bonds is 4. The van der Waals surface area contributed by atoms with Crippen molar-refractivity contribution in [1.82, 2.24) is 0 Å². The number of sulfonamides is 1. The summed E-state index contributed by atoms with van der Waals surface area (Å²) in [4.78, 5) is -0.0258. The summed E-state index contributed by atoms with van der Waals surface area (Å²) >= 11 is 0. The van der Waals surface area contributed by atoms with Crippen LogP contribution in [-0.2, 0) is 10.0 Å². The molecule has 2 aromatic rings. The van der Waals surface area contributed by atoms with Gasteiger partial charge < -0.3 is 5.73 Å². The van der Waals surface area contributed by atoms with Gasteiger partial charge >= 0.3 is 0 Å². The van der Waals surface area contributed by atoms with E-state index in [0.717, 1.165) is 12.1 Å². The van der Waals surface area contributed by atoms with Crippen molar-refractivity contribution in [2.24, 2.45) is 0 Å². The largest absolute Gasteiger partial charge is 0.396 e. The lowest BCUT2D eigenvalue weighted by atomic mass is 10.3. The second-order valence-corrected chi connectivity index (χ2v) is 6.05. The molecule has 0 atom stereocenters. The van der Waals surface area contributed by atoms with Gasteiger partial charge in [0.1, 0.15) is 5.82 Å². The Morgan fingerprint density at radius 2 is 1.80 bits per heavy atom. The molecule has 2 N–H and O–H groups in total. The van der Waals surface area contributed by atoms with E-state index in [0.29, 0.717) is 5.69 Å². The molecular formula is C14H15FN2O2S. The maximum atomic E-state index is 13.2. The molecule has 0 fully saturated rings. The zero-order chi connectivity index (χ0) is 14.8. The fourth-order valence-electron chi connectivity index (χ4n) is 1.90. The van der Waals surface area contributed by atoms with E-state index in [1.807, 2.05) is 0 Å². The predicted molar refractivity (Wildman–Crippen MR) is 77.5 cm³/mol. The van der Waals surface area contributed by atoms with Crippen molar-refractivity contribution in [3.05, 3.63) is 54.3 Å². The molecule has 0 aliphatic heterocycles. The topological polar surface area (TPSA) is 63.4 Å². The molecule has 0 aliphatic rings. The number of para-hydroxylation sites is 1. The van der Waals surface area contributed by atoms with Gasteiger partial charge in [0, 0.05) is 6.54 Å². The van der Waals surface area contributed by atoms with E-state index in [2.05, 4.69) is 0 Å². The second kappa shape index (κ2) is 5.50. The summed E-state index contributed by atoms with van der Waals surface area (Å²) in [7, 11) is -3.76. The SMILES string of the molecule is CCN(c1ccccc1)S(=O)(=O)c1ccc(F)c(N)c1. The molecule has 0 amide bonds. The number of hydrogen-bond donors (Lipinski definition) is 1. The minimum Gasteiger partial charge on any atom is -0.396 e. The summed E-state index contributed by atoms with van der Waals surface area (Å²) in [6, 6.07) is 12.1. The lowest BCUT2D eigenvalue weighted by Crippen LogP contribution is -2.30. The van der Waals surface area contributed by atoms with Crippen LogP contribution in [0.2, 0.25) is 0 Å². The van der Waals surface area contributed by atoms with E-state index < -0.39 is 15.8 Å². The molecule has 0 heterocycles. The van der Waals surface area contributed by atoms with Crippen LogP contribution in [0.3, 0.4) is 0 Å². The molecule has 0 aromatic heterocycles. The summed E-state index contributed by atoms with van der Waals surface area (Å²) in [5.41, 5.74) is 5.81. The first-order valence-corrected chi connectivity index (χ1v) is 7.53. The molecule has 0 bridgehead atoms. The molecule has 106 valence electrons. The molecule has 0 aliphatic carbocycles. The summed E-state index contributed by atoms with van der Waals surface area (Å²) < 4.78 is 39.6. The highest BCUT2D eigenvalue weighted by molar-refractivity contribution is 7.92. The minimum absolute atomic E-state index is 0.0258. The number of anilines is 2. The summed E-state index contributed by atoms with van der Waals surface area (Å²) in [5, 5.41) is 0. The third-order valence-electron chi connectivity index (χ3n) is 2.89. The summed E-state index contributed by atoms with van der Waals surface area (Å²) in [5.74, 6) is -0.633. The fraction of sp³-hybridized carbons (Fsp3) is 0.143. The normalized spacial score (nSPS) is 11.3. The first-order valence-electron chi connectivity index (χ1n) is 6.09. The fourth-order valence-corrected chi connectivity index (χ4v) is 3.40. The average Bonchev–Trinajstić information content (AvgIpc) is 2.43. The quantitative estimate of drug-likeness (QED) is 0.882. The third kappa shape index (κ3) is 2.60.